The molecule has 176 valence electrons. The van der Waals surface area contributed by atoms with E-state index >= 15 is 4.39 Å². The SMILES string of the molecule is CNc1ncc2cc(-c3cccc(NS(=O)(=O)c4cc(F)ccc4OC)c3F)c(NC)nc2n1. The second-order valence-electron chi connectivity index (χ2n) is 7.06. The molecule has 0 spiro atoms. The summed E-state index contributed by atoms with van der Waals surface area (Å²) in [5.41, 5.74) is 0.524. The average molecular weight is 487 g/mol. The number of hydrogen-bond acceptors (Lipinski definition) is 8. The minimum atomic E-state index is -4.37. The first-order chi connectivity index (χ1) is 16.3. The van der Waals surface area contributed by atoms with Gasteiger partial charge in [0.25, 0.3) is 10.0 Å². The molecular weight excluding hydrogens is 466 g/mol. The molecule has 2 aromatic carbocycles. The first-order valence-electron chi connectivity index (χ1n) is 9.96. The zero-order valence-corrected chi connectivity index (χ0v) is 19.2. The highest BCUT2D eigenvalue weighted by Gasteiger charge is 2.24. The lowest BCUT2D eigenvalue weighted by Gasteiger charge is -2.15. The van der Waals surface area contributed by atoms with Crippen molar-refractivity contribution in [2.75, 3.05) is 36.6 Å². The van der Waals surface area contributed by atoms with Gasteiger partial charge in [-0.3, -0.25) is 4.72 Å². The van der Waals surface area contributed by atoms with Gasteiger partial charge in [0.15, 0.2) is 11.5 Å². The van der Waals surface area contributed by atoms with Crippen LogP contribution in [0.4, 0.5) is 26.2 Å². The Bertz CT molecular complexity index is 1500. The van der Waals surface area contributed by atoms with Crippen molar-refractivity contribution < 1.29 is 21.9 Å². The van der Waals surface area contributed by atoms with Crippen LogP contribution in [0.3, 0.4) is 0 Å². The van der Waals surface area contributed by atoms with E-state index in [1.807, 2.05) is 0 Å². The summed E-state index contributed by atoms with van der Waals surface area (Å²) in [6.45, 7) is 0. The Hall–Kier alpha value is -4.06. The highest BCUT2D eigenvalue weighted by molar-refractivity contribution is 7.92. The number of methoxy groups -OCH3 is 1. The molecule has 0 saturated carbocycles. The minimum absolute atomic E-state index is 0.0809. The number of anilines is 3. The molecule has 4 rings (SSSR count). The Morgan fingerprint density at radius 1 is 0.971 bits per heavy atom. The monoisotopic (exact) mass is 486 g/mol. The van der Waals surface area contributed by atoms with Crippen molar-refractivity contribution in [3.63, 3.8) is 0 Å². The number of ether oxygens (including phenoxy) is 1. The fourth-order valence-corrected chi connectivity index (χ4v) is 4.60. The van der Waals surface area contributed by atoms with Gasteiger partial charge in [-0.05, 0) is 30.3 Å². The van der Waals surface area contributed by atoms with Crippen molar-refractivity contribution in [1.82, 2.24) is 15.0 Å². The van der Waals surface area contributed by atoms with Crippen molar-refractivity contribution in [2.45, 2.75) is 4.90 Å². The van der Waals surface area contributed by atoms with Crippen molar-refractivity contribution in [2.24, 2.45) is 0 Å². The number of sulfonamides is 1. The molecule has 0 radical (unpaired) electrons. The summed E-state index contributed by atoms with van der Waals surface area (Å²) >= 11 is 0. The smallest absolute Gasteiger partial charge is 0.265 e. The number of nitrogens with one attached hydrogen (secondary N) is 3. The molecule has 34 heavy (non-hydrogen) atoms. The van der Waals surface area contributed by atoms with Gasteiger partial charge in [0.2, 0.25) is 5.95 Å². The van der Waals surface area contributed by atoms with Gasteiger partial charge in [0.05, 0.1) is 12.8 Å². The van der Waals surface area contributed by atoms with Gasteiger partial charge in [0.1, 0.15) is 22.3 Å². The summed E-state index contributed by atoms with van der Waals surface area (Å²) in [6, 6.07) is 8.94. The van der Waals surface area contributed by atoms with Crippen LogP contribution in [-0.4, -0.2) is 44.6 Å². The number of fused-ring (bicyclic) bond motifs is 1. The van der Waals surface area contributed by atoms with E-state index in [-0.39, 0.29) is 17.0 Å². The Morgan fingerprint density at radius 3 is 2.47 bits per heavy atom. The number of pyridine rings is 1. The number of nitrogens with zero attached hydrogens (tertiary/aromatic N) is 3. The van der Waals surface area contributed by atoms with E-state index in [4.69, 9.17) is 4.74 Å². The summed E-state index contributed by atoms with van der Waals surface area (Å²) < 4.78 is 62.3. The predicted molar refractivity (Wildman–Crippen MR) is 126 cm³/mol. The number of hydrogen-bond donors (Lipinski definition) is 3. The normalized spacial score (nSPS) is 11.3. The van der Waals surface area contributed by atoms with E-state index in [1.54, 1.807) is 26.4 Å². The summed E-state index contributed by atoms with van der Waals surface area (Å²) in [4.78, 5) is 12.4. The zero-order chi connectivity index (χ0) is 24.5. The maximum Gasteiger partial charge on any atom is 0.265 e. The summed E-state index contributed by atoms with van der Waals surface area (Å²) in [5.74, 6) is -0.987. The minimum Gasteiger partial charge on any atom is -0.495 e. The molecular formula is C22H20F2N6O3S. The molecule has 9 nitrogen and oxygen atoms in total. The average Bonchev–Trinajstić information content (AvgIpc) is 2.84. The number of aromatic nitrogens is 3. The topological polar surface area (TPSA) is 118 Å². The first-order valence-corrected chi connectivity index (χ1v) is 11.4. The van der Waals surface area contributed by atoms with Crippen LogP contribution in [0.15, 0.2) is 53.6 Å². The standard InChI is InChI=1S/C22H20F2N6O3S/c1-25-21-15(9-12-11-27-22(26-2)29-20(12)28-21)14-5-4-6-16(19(14)24)30-34(31,32)18-10-13(23)7-8-17(18)33-3/h4-11,30H,1-3H3,(H2,25,26,27,28,29). The Morgan fingerprint density at radius 2 is 1.76 bits per heavy atom. The molecule has 0 unspecified atom stereocenters. The molecule has 0 saturated heterocycles. The fraction of sp³-hybridized carbons (Fsp3) is 0.136. The molecule has 0 bridgehead atoms. The van der Waals surface area contributed by atoms with Crippen LogP contribution in [0.5, 0.6) is 5.75 Å². The fourth-order valence-electron chi connectivity index (χ4n) is 3.36. The Labute approximate surface area is 194 Å². The van der Waals surface area contributed by atoms with Gasteiger partial charge in [-0.1, -0.05) is 12.1 Å². The van der Waals surface area contributed by atoms with Crippen LogP contribution >= 0.6 is 0 Å². The van der Waals surface area contributed by atoms with Gasteiger partial charge < -0.3 is 15.4 Å². The molecule has 12 heteroatoms. The van der Waals surface area contributed by atoms with Crippen LogP contribution in [0, 0.1) is 11.6 Å². The third kappa shape index (κ3) is 4.27. The highest BCUT2D eigenvalue weighted by Crippen LogP contribution is 2.35. The lowest BCUT2D eigenvalue weighted by atomic mass is 10.0. The van der Waals surface area contributed by atoms with Gasteiger partial charge in [-0.15, -0.1) is 0 Å². The van der Waals surface area contributed by atoms with E-state index in [0.29, 0.717) is 28.4 Å². The summed E-state index contributed by atoms with van der Waals surface area (Å²) in [6.07, 6.45) is 1.55. The summed E-state index contributed by atoms with van der Waals surface area (Å²) in [7, 11) is 0.181. The molecule has 2 aromatic heterocycles. The van der Waals surface area contributed by atoms with Gasteiger partial charge in [0, 0.05) is 36.8 Å². The van der Waals surface area contributed by atoms with E-state index in [2.05, 4.69) is 30.3 Å². The third-order valence-electron chi connectivity index (χ3n) is 4.98. The Kier molecular flexibility index (Phi) is 6.16. The second kappa shape index (κ2) is 9.06. The second-order valence-corrected chi connectivity index (χ2v) is 8.71. The molecule has 2 heterocycles. The van der Waals surface area contributed by atoms with Crippen LogP contribution in [0.1, 0.15) is 0 Å². The molecule has 0 aliphatic rings. The van der Waals surface area contributed by atoms with Gasteiger partial charge in [-0.2, -0.15) is 4.98 Å². The van der Waals surface area contributed by atoms with E-state index in [0.717, 1.165) is 12.1 Å². The van der Waals surface area contributed by atoms with E-state index < -0.39 is 26.6 Å². The van der Waals surface area contributed by atoms with Crippen molar-refractivity contribution in [3.8, 4) is 16.9 Å². The molecule has 0 aliphatic carbocycles. The van der Waals surface area contributed by atoms with Crippen molar-refractivity contribution in [1.29, 1.82) is 0 Å². The number of halogens is 2. The van der Waals surface area contributed by atoms with E-state index in [9.17, 15) is 12.8 Å². The van der Waals surface area contributed by atoms with Crippen LogP contribution in [0.2, 0.25) is 0 Å². The molecule has 0 fully saturated rings. The maximum atomic E-state index is 15.6. The molecule has 3 N–H and O–H groups in total. The largest absolute Gasteiger partial charge is 0.495 e. The highest BCUT2D eigenvalue weighted by atomic mass is 32.2. The molecule has 0 atom stereocenters. The van der Waals surface area contributed by atoms with Gasteiger partial charge >= 0.3 is 0 Å². The van der Waals surface area contributed by atoms with Gasteiger partial charge in [-0.25, -0.2) is 27.2 Å². The maximum absolute atomic E-state index is 15.6. The predicted octanol–water partition coefficient (Wildman–Crippen LogP) is 3.86. The van der Waals surface area contributed by atoms with Crippen molar-refractivity contribution >= 4 is 38.5 Å². The number of rotatable bonds is 7. The Balaban J connectivity index is 1.80. The van der Waals surface area contributed by atoms with Crippen LogP contribution in [0.25, 0.3) is 22.2 Å². The number of benzene rings is 2. The lowest BCUT2D eigenvalue weighted by molar-refractivity contribution is 0.401. The van der Waals surface area contributed by atoms with Crippen LogP contribution < -0.4 is 20.1 Å². The molecule has 0 aliphatic heterocycles. The van der Waals surface area contributed by atoms with Crippen molar-refractivity contribution in [3.05, 3.63) is 60.3 Å². The molecule has 4 aromatic rings. The quantitative estimate of drug-likeness (QED) is 0.360. The summed E-state index contributed by atoms with van der Waals surface area (Å²) in [5, 5.41) is 6.29. The molecule has 0 amide bonds. The zero-order valence-electron chi connectivity index (χ0n) is 18.3. The third-order valence-corrected chi connectivity index (χ3v) is 6.36. The van der Waals surface area contributed by atoms with E-state index in [1.165, 1.54) is 31.4 Å². The lowest BCUT2D eigenvalue weighted by Crippen LogP contribution is -2.15. The van der Waals surface area contributed by atoms with Crippen LogP contribution in [-0.2, 0) is 10.0 Å². The first kappa shape index (κ1) is 23.1.